The number of halogens is 1. The zero-order valence-electron chi connectivity index (χ0n) is 10.1. The van der Waals surface area contributed by atoms with E-state index in [1.165, 1.54) is 11.3 Å². The summed E-state index contributed by atoms with van der Waals surface area (Å²) in [5, 5.41) is 26.5. The molecule has 0 saturated heterocycles. The number of anilines is 1. The number of nitrogens with one attached hydrogen (secondary N) is 4. The van der Waals surface area contributed by atoms with Crippen molar-refractivity contribution in [2.24, 2.45) is 5.73 Å². The summed E-state index contributed by atoms with van der Waals surface area (Å²) in [5.74, 6) is -0.120. The van der Waals surface area contributed by atoms with Gasteiger partial charge in [-0.3, -0.25) is 16.1 Å². The smallest absolute Gasteiger partial charge is 0.202 e. The molecule has 1 aromatic heterocycles. The van der Waals surface area contributed by atoms with Crippen molar-refractivity contribution in [1.29, 1.82) is 10.8 Å². The Morgan fingerprint density at radius 2 is 2.17 bits per heavy atom. The number of nitrogen functional groups attached to an aromatic ring is 1. The van der Waals surface area contributed by atoms with Crippen molar-refractivity contribution < 1.29 is 0 Å². The number of unbranched alkanes of at least 4 members (excludes halogenated alkanes) is 1. The Bertz CT molecular complexity index is 328. The van der Waals surface area contributed by atoms with Crippen molar-refractivity contribution in [3.63, 3.8) is 0 Å². The zero-order valence-corrected chi connectivity index (χ0v) is 11.7. The highest BCUT2D eigenvalue weighted by atomic mass is 35.5. The predicted octanol–water partition coefficient (Wildman–Crippen LogP) is 0.336. The van der Waals surface area contributed by atoms with E-state index in [1.54, 1.807) is 5.51 Å². The van der Waals surface area contributed by atoms with Crippen LogP contribution in [0.2, 0.25) is 0 Å². The summed E-state index contributed by atoms with van der Waals surface area (Å²) < 4.78 is 0. The number of guanidine groups is 2. The maximum atomic E-state index is 7.15. The van der Waals surface area contributed by atoms with Crippen LogP contribution in [0.3, 0.4) is 0 Å². The third kappa shape index (κ3) is 12.5. The van der Waals surface area contributed by atoms with Gasteiger partial charge in [0.1, 0.15) is 5.51 Å². The molecule has 0 spiro atoms. The Kier molecular flexibility index (Phi) is 12.4. The van der Waals surface area contributed by atoms with Crippen molar-refractivity contribution in [2.75, 3.05) is 12.3 Å². The van der Waals surface area contributed by atoms with Gasteiger partial charge in [0.2, 0.25) is 5.13 Å². The second kappa shape index (κ2) is 11.9. The highest BCUT2D eigenvalue weighted by molar-refractivity contribution is 7.13. The zero-order chi connectivity index (χ0) is 13.1. The number of nitrogens with two attached hydrogens (primary N) is 2. The molecule has 0 aliphatic carbocycles. The highest BCUT2D eigenvalue weighted by Crippen LogP contribution is 1.99. The van der Waals surface area contributed by atoms with E-state index in [4.69, 9.17) is 22.3 Å². The maximum absolute atomic E-state index is 7.15. The van der Waals surface area contributed by atoms with Gasteiger partial charge >= 0.3 is 0 Å². The van der Waals surface area contributed by atoms with Crippen LogP contribution in [0.5, 0.6) is 0 Å². The molecule has 8 N–H and O–H groups in total. The summed E-state index contributed by atoms with van der Waals surface area (Å²) >= 11 is 1.33. The maximum Gasteiger partial charge on any atom is 0.202 e. The summed E-state index contributed by atoms with van der Waals surface area (Å²) in [6, 6.07) is 0. The molecular weight excluding hydrogens is 276 g/mol. The molecular formula is C8H19ClN8S. The molecule has 0 amide bonds. The van der Waals surface area contributed by atoms with Crippen LogP contribution in [0, 0.1) is 10.8 Å². The van der Waals surface area contributed by atoms with E-state index in [9.17, 15) is 0 Å². The minimum atomic E-state index is -0.209. The Hall–Kier alpha value is -1.61. The van der Waals surface area contributed by atoms with Gasteiger partial charge in [-0.15, -0.1) is 22.6 Å². The molecule has 0 aliphatic rings. The minimum absolute atomic E-state index is 0. The number of nitrogens with zero attached hydrogens (tertiary/aromatic N) is 2. The minimum Gasteiger partial charge on any atom is -0.374 e. The lowest BCUT2D eigenvalue weighted by Gasteiger charge is -2.06. The van der Waals surface area contributed by atoms with Crippen LogP contribution < -0.4 is 22.1 Å². The van der Waals surface area contributed by atoms with Crippen molar-refractivity contribution in [1.82, 2.24) is 20.8 Å². The monoisotopic (exact) mass is 294 g/mol. The average molecular weight is 295 g/mol. The van der Waals surface area contributed by atoms with Gasteiger partial charge in [-0.1, -0.05) is 24.7 Å². The fourth-order valence-corrected chi connectivity index (χ4v) is 1.05. The highest BCUT2D eigenvalue weighted by Gasteiger charge is 1.93. The van der Waals surface area contributed by atoms with Crippen molar-refractivity contribution in [3.05, 3.63) is 5.51 Å². The largest absolute Gasteiger partial charge is 0.374 e. The number of hydrogen-bond acceptors (Lipinski definition) is 6. The quantitative estimate of drug-likeness (QED) is 0.269. The number of hydrogen-bond donors (Lipinski definition) is 6. The van der Waals surface area contributed by atoms with Gasteiger partial charge in [-0.25, -0.2) is 0 Å². The standard InChI is InChI=1S/C6H15N5.C2H3N3S.ClH/c1-2-3-4-10-6(9)11-5(7)8;3-2-5-4-1-6-2;/h2-4H2,1H3,(H6,7,8,9,10,11);1H,(H2,3,5);1H. The molecule has 0 saturated carbocycles. The first-order chi connectivity index (χ1) is 8.06. The third-order valence-corrected chi connectivity index (χ3v) is 1.99. The third-order valence-electron chi connectivity index (χ3n) is 1.47. The normalized spacial score (nSPS) is 8.28. The fourth-order valence-electron chi connectivity index (χ4n) is 0.751. The lowest BCUT2D eigenvalue weighted by Crippen LogP contribution is -2.43. The Labute approximate surface area is 116 Å². The molecule has 0 fully saturated rings. The second-order valence-corrected chi connectivity index (χ2v) is 3.84. The van der Waals surface area contributed by atoms with Crippen molar-refractivity contribution in [2.45, 2.75) is 19.8 Å². The summed E-state index contributed by atoms with van der Waals surface area (Å²) in [6.07, 6.45) is 2.10. The summed E-state index contributed by atoms with van der Waals surface area (Å²) in [4.78, 5) is 0. The molecule has 0 radical (unpaired) electrons. The Morgan fingerprint density at radius 3 is 2.50 bits per heavy atom. The van der Waals surface area contributed by atoms with Crippen LogP contribution in [0.4, 0.5) is 5.13 Å². The summed E-state index contributed by atoms with van der Waals surface area (Å²) in [7, 11) is 0. The van der Waals surface area contributed by atoms with Crippen LogP contribution in [0.1, 0.15) is 19.8 Å². The van der Waals surface area contributed by atoms with Crippen LogP contribution >= 0.6 is 23.7 Å². The van der Waals surface area contributed by atoms with Gasteiger partial charge < -0.3 is 16.8 Å². The first-order valence-electron chi connectivity index (χ1n) is 5.01. The second-order valence-electron chi connectivity index (χ2n) is 2.97. The van der Waals surface area contributed by atoms with E-state index >= 15 is 0 Å². The van der Waals surface area contributed by atoms with Crippen molar-refractivity contribution in [3.8, 4) is 0 Å². The SMILES string of the molecule is CCCCNC(=N)NC(=N)N.Cl.Nc1nncs1. The van der Waals surface area contributed by atoms with E-state index in [-0.39, 0.29) is 24.3 Å². The van der Waals surface area contributed by atoms with Gasteiger partial charge in [0.15, 0.2) is 11.9 Å². The number of rotatable bonds is 3. The van der Waals surface area contributed by atoms with Crippen LogP contribution in [0.25, 0.3) is 0 Å². The molecule has 8 nitrogen and oxygen atoms in total. The van der Waals surface area contributed by atoms with E-state index < -0.39 is 0 Å². The molecule has 104 valence electrons. The molecule has 0 atom stereocenters. The van der Waals surface area contributed by atoms with Gasteiger partial charge in [-0.05, 0) is 6.42 Å². The van der Waals surface area contributed by atoms with Crippen LogP contribution in [-0.2, 0) is 0 Å². The lowest BCUT2D eigenvalue weighted by molar-refractivity contribution is 0.744. The first kappa shape index (κ1) is 18.7. The van der Waals surface area contributed by atoms with E-state index in [0.29, 0.717) is 5.13 Å². The molecule has 0 bridgehead atoms. The molecule has 1 aromatic rings. The molecule has 0 aromatic carbocycles. The molecule has 1 heterocycles. The van der Waals surface area contributed by atoms with Gasteiger partial charge in [0.05, 0.1) is 0 Å². The lowest BCUT2D eigenvalue weighted by atomic mass is 10.3. The molecule has 18 heavy (non-hydrogen) atoms. The van der Waals surface area contributed by atoms with Crippen LogP contribution in [-0.4, -0.2) is 28.7 Å². The van der Waals surface area contributed by atoms with Gasteiger partial charge in [0, 0.05) is 6.54 Å². The first-order valence-corrected chi connectivity index (χ1v) is 5.89. The van der Waals surface area contributed by atoms with E-state index in [1.807, 2.05) is 0 Å². The topological polar surface area (TPSA) is 150 Å². The summed E-state index contributed by atoms with van der Waals surface area (Å²) in [5.41, 5.74) is 11.7. The predicted molar refractivity (Wildman–Crippen MR) is 77.3 cm³/mol. The molecule has 1 rings (SSSR count). The average Bonchev–Trinajstić information content (AvgIpc) is 2.69. The number of aromatic nitrogens is 2. The Balaban J connectivity index is 0. The molecule has 10 heteroatoms. The van der Waals surface area contributed by atoms with E-state index in [2.05, 4.69) is 27.8 Å². The molecule has 0 unspecified atom stereocenters. The Morgan fingerprint density at radius 1 is 1.50 bits per heavy atom. The fraction of sp³-hybridized carbons (Fsp3) is 0.500. The summed E-state index contributed by atoms with van der Waals surface area (Å²) in [6.45, 7) is 2.82. The van der Waals surface area contributed by atoms with Crippen LogP contribution in [0.15, 0.2) is 5.51 Å². The van der Waals surface area contributed by atoms with Gasteiger partial charge in [0.25, 0.3) is 0 Å². The van der Waals surface area contributed by atoms with E-state index in [0.717, 1.165) is 19.4 Å². The molecule has 0 aliphatic heterocycles. The van der Waals surface area contributed by atoms with Crippen molar-refractivity contribution >= 4 is 40.8 Å². The van der Waals surface area contributed by atoms with Gasteiger partial charge in [-0.2, -0.15) is 0 Å².